The van der Waals surface area contributed by atoms with E-state index < -0.39 is 59.2 Å². The van der Waals surface area contributed by atoms with E-state index in [1.165, 1.54) is 54.1 Å². The number of amides is 3. The maximum absolute atomic E-state index is 15.2. The highest BCUT2D eigenvalue weighted by Gasteiger charge is 2.74. The number of carbonyl (C=O) groups excluding carboxylic acids is 4. The SMILES string of the molecule is CC(=O)NCCSC(=O)[C@H]1[C@@H](C(=O)N(C)c2cc(Cl)cc(Cl)c2)[C@H]2CC(F)(F)CN2[C@]12C(=O)Nc1c(Cl)cc(Cl)cc12. The molecule has 5 rings (SSSR count). The molecule has 42 heavy (non-hydrogen) atoms. The highest BCUT2D eigenvalue weighted by molar-refractivity contribution is 8.13. The number of fused-ring (bicyclic) bond motifs is 4. The molecule has 4 atom stereocenters. The molecule has 2 N–H and O–H groups in total. The van der Waals surface area contributed by atoms with E-state index in [1.807, 2.05) is 0 Å². The van der Waals surface area contributed by atoms with E-state index in [9.17, 15) is 19.2 Å². The highest BCUT2D eigenvalue weighted by Crippen LogP contribution is 2.62. The van der Waals surface area contributed by atoms with Gasteiger partial charge in [0.1, 0.15) is 5.54 Å². The van der Waals surface area contributed by atoms with Crippen LogP contribution in [0.15, 0.2) is 30.3 Å². The maximum atomic E-state index is 15.2. The van der Waals surface area contributed by atoms with Crippen LogP contribution in [-0.4, -0.2) is 65.6 Å². The molecular weight excluding hydrogens is 656 g/mol. The maximum Gasteiger partial charge on any atom is 0.262 e. The summed E-state index contributed by atoms with van der Waals surface area (Å²) in [6.45, 7) is 0.592. The van der Waals surface area contributed by atoms with Gasteiger partial charge in [0.25, 0.3) is 5.92 Å². The van der Waals surface area contributed by atoms with Crippen LogP contribution in [0.3, 0.4) is 0 Å². The molecule has 0 saturated carbocycles. The third-order valence-electron chi connectivity index (χ3n) is 7.86. The summed E-state index contributed by atoms with van der Waals surface area (Å²) < 4.78 is 30.3. The molecular formula is C27H24Cl4F2N4O4S. The number of nitrogens with one attached hydrogen (secondary N) is 2. The Morgan fingerprint density at radius 2 is 1.74 bits per heavy atom. The van der Waals surface area contributed by atoms with E-state index in [-0.39, 0.29) is 55.2 Å². The second-order valence-corrected chi connectivity index (χ2v) is 13.3. The largest absolute Gasteiger partial charge is 0.356 e. The van der Waals surface area contributed by atoms with Gasteiger partial charge in [0.05, 0.1) is 29.1 Å². The van der Waals surface area contributed by atoms with E-state index in [1.54, 1.807) is 0 Å². The Balaban J connectivity index is 1.67. The Morgan fingerprint density at radius 3 is 2.38 bits per heavy atom. The lowest BCUT2D eigenvalue weighted by Crippen LogP contribution is -2.54. The Kier molecular flexibility index (Phi) is 8.50. The van der Waals surface area contributed by atoms with Crippen molar-refractivity contribution >= 4 is 92.4 Å². The monoisotopic (exact) mass is 678 g/mol. The number of rotatable bonds is 6. The fourth-order valence-corrected chi connectivity index (χ4v) is 8.27. The average molecular weight is 680 g/mol. The fraction of sp³-hybridized carbons (Fsp3) is 0.407. The normalized spacial score (nSPS) is 25.7. The summed E-state index contributed by atoms with van der Waals surface area (Å²) in [5, 5.41) is 5.36. The van der Waals surface area contributed by atoms with Gasteiger partial charge >= 0.3 is 0 Å². The first-order valence-electron chi connectivity index (χ1n) is 12.8. The standard InChI is InChI=1S/C27H24Cl4F2N4O4S/c1-12(38)34-3-4-42-24(40)21-20(23(39)36(2)16-6-13(28)5-14(29)7-16)19-10-26(32,33)11-37(19)27(21)17-8-15(30)9-18(31)22(17)35-25(27)41/h5-9,19-21H,3-4,10-11H2,1-2H3,(H,34,38)(H,35,41)/t19-,20+,21-,27+/m1/s1. The predicted octanol–water partition coefficient (Wildman–Crippen LogP) is 5.46. The molecule has 15 heteroatoms. The Bertz CT molecular complexity index is 1490. The average Bonchev–Trinajstić information content (AvgIpc) is 3.46. The predicted molar refractivity (Wildman–Crippen MR) is 160 cm³/mol. The first kappa shape index (κ1) is 31.3. The van der Waals surface area contributed by atoms with Gasteiger partial charge in [0, 0.05) is 65.1 Å². The molecule has 2 aromatic rings. The van der Waals surface area contributed by atoms with Crippen molar-refractivity contribution in [2.45, 2.75) is 30.8 Å². The van der Waals surface area contributed by atoms with Crippen LogP contribution in [0.1, 0.15) is 18.9 Å². The first-order chi connectivity index (χ1) is 19.7. The molecule has 0 unspecified atom stereocenters. The Hall–Kier alpha value is -2.15. The van der Waals surface area contributed by atoms with Gasteiger partial charge in [0.2, 0.25) is 17.7 Å². The minimum absolute atomic E-state index is 0.0650. The van der Waals surface area contributed by atoms with Gasteiger partial charge in [-0.15, -0.1) is 0 Å². The Labute approximate surface area is 264 Å². The lowest BCUT2D eigenvalue weighted by atomic mass is 9.74. The second kappa shape index (κ2) is 11.4. The van der Waals surface area contributed by atoms with Gasteiger partial charge < -0.3 is 15.5 Å². The summed E-state index contributed by atoms with van der Waals surface area (Å²) >= 11 is 25.9. The first-order valence-corrected chi connectivity index (χ1v) is 15.3. The molecule has 0 aliphatic carbocycles. The van der Waals surface area contributed by atoms with Crippen molar-refractivity contribution in [2.24, 2.45) is 11.8 Å². The number of nitrogens with zero attached hydrogens (tertiary/aromatic N) is 2. The van der Waals surface area contributed by atoms with Crippen molar-refractivity contribution in [1.29, 1.82) is 0 Å². The fourth-order valence-electron chi connectivity index (χ4n) is 6.32. The summed E-state index contributed by atoms with van der Waals surface area (Å²) in [5.74, 6) is -7.66. The highest BCUT2D eigenvalue weighted by atomic mass is 35.5. The van der Waals surface area contributed by atoms with Gasteiger partial charge in [0.15, 0.2) is 5.12 Å². The number of benzene rings is 2. The number of hydrogen-bond donors (Lipinski definition) is 2. The summed E-state index contributed by atoms with van der Waals surface area (Å²) in [5.41, 5.74) is -1.43. The zero-order chi connectivity index (χ0) is 30.7. The molecule has 2 fully saturated rings. The molecule has 3 heterocycles. The number of halogens is 6. The smallest absolute Gasteiger partial charge is 0.262 e. The molecule has 2 aromatic carbocycles. The third-order valence-corrected chi connectivity index (χ3v) is 9.76. The number of hydrogen-bond acceptors (Lipinski definition) is 6. The minimum Gasteiger partial charge on any atom is -0.356 e. The summed E-state index contributed by atoms with van der Waals surface area (Å²) in [4.78, 5) is 56.3. The summed E-state index contributed by atoms with van der Waals surface area (Å²) in [6, 6.07) is 6.05. The van der Waals surface area contributed by atoms with Gasteiger partial charge in [-0.2, -0.15) is 0 Å². The van der Waals surface area contributed by atoms with Crippen molar-refractivity contribution in [3.63, 3.8) is 0 Å². The molecule has 2 saturated heterocycles. The minimum atomic E-state index is -3.26. The van der Waals surface area contributed by atoms with Crippen LogP contribution >= 0.6 is 58.2 Å². The van der Waals surface area contributed by atoms with Gasteiger partial charge in [-0.1, -0.05) is 58.2 Å². The molecule has 3 amide bonds. The Morgan fingerprint density at radius 1 is 1.10 bits per heavy atom. The lowest BCUT2D eigenvalue weighted by Gasteiger charge is -2.37. The summed E-state index contributed by atoms with van der Waals surface area (Å²) in [6.07, 6.45) is -0.757. The summed E-state index contributed by atoms with van der Waals surface area (Å²) in [7, 11) is 1.43. The molecule has 3 aliphatic heterocycles. The van der Waals surface area contributed by atoms with E-state index in [4.69, 9.17) is 46.4 Å². The molecule has 3 aliphatic rings. The second-order valence-electron chi connectivity index (χ2n) is 10.5. The van der Waals surface area contributed by atoms with E-state index in [2.05, 4.69) is 10.6 Å². The van der Waals surface area contributed by atoms with Crippen LogP contribution in [0, 0.1) is 11.8 Å². The zero-order valence-electron chi connectivity index (χ0n) is 22.2. The van der Waals surface area contributed by atoms with Crippen LogP contribution in [0.25, 0.3) is 0 Å². The number of carbonyl (C=O) groups is 4. The van der Waals surface area contributed by atoms with E-state index in [0.717, 1.165) is 11.8 Å². The molecule has 1 spiro atoms. The molecule has 0 bridgehead atoms. The van der Waals surface area contributed by atoms with Gasteiger partial charge in [-0.25, -0.2) is 8.78 Å². The third kappa shape index (κ3) is 5.26. The molecule has 224 valence electrons. The molecule has 0 radical (unpaired) electrons. The molecule has 8 nitrogen and oxygen atoms in total. The lowest BCUT2D eigenvalue weighted by molar-refractivity contribution is -0.136. The van der Waals surface area contributed by atoms with Crippen molar-refractivity contribution in [1.82, 2.24) is 10.2 Å². The van der Waals surface area contributed by atoms with Crippen molar-refractivity contribution < 1.29 is 28.0 Å². The van der Waals surface area contributed by atoms with Crippen LogP contribution in [0.2, 0.25) is 20.1 Å². The molecule has 0 aromatic heterocycles. The van der Waals surface area contributed by atoms with Crippen LogP contribution in [0.5, 0.6) is 0 Å². The topological polar surface area (TPSA) is 98.8 Å². The number of alkyl halides is 2. The van der Waals surface area contributed by atoms with E-state index >= 15 is 8.78 Å². The number of thioether (sulfide) groups is 1. The van der Waals surface area contributed by atoms with Crippen molar-refractivity contribution in [3.8, 4) is 0 Å². The van der Waals surface area contributed by atoms with Crippen LogP contribution in [-0.2, 0) is 24.7 Å². The van der Waals surface area contributed by atoms with Crippen molar-refractivity contribution in [3.05, 3.63) is 56.0 Å². The van der Waals surface area contributed by atoms with Crippen LogP contribution in [0.4, 0.5) is 20.2 Å². The van der Waals surface area contributed by atoms with Gasteiger partial charge in [-0.3, -0.25) is 24.1 Å². The van der Waals surface area contributed by atoms with E-state index in [0.29, 0.717) is 0 Å². The van der Waals surface area contributed by atoms with Crippen molar-refractivity contribution in [2.75, 3.05) is 36.1 Å². The zero-order valence-corrected chi connectivity index (χ0v) is 26.0. The van der Waals surface area contributed by atoms with Crippen LogP contribution < -0.4 is 15.5 Å². The number of anilines is 2. The quantitative estimate of drug-likeness (QED) is 0.394. The van der Waals surface area contributed by atoms with Gasteiger partial charge in [-0.05, 0) is 30.3 Å².